The van der Waals surface area contributed by atoms with Gasteiger partial charge in [0.1, 0.15) is 3.70 Å². The van der Waals surface area contributed by atoms with Crippen LogP contribution in [0.4, 0.5) is 0 Å². The number of aromatic nitrogens is 1. The highest BCUT2D eigenvalue weighted by atomic mass is 127. The minimum Gasteiger partial charge on any atom is -0.481 e. The van der Waals surface area contributed by atoms with Gasteiger partial charge < -0.3 is 4.74 Å². The highest BCUT2D eigenvalue weighted by Gasteiger charge is 1.98. The van der Waals surface area contributed by atoms with Gasteiger partial charge in [-0.15, -0.1) is 11.6 Å². The third-order valence-electron chi connectivity index (χ3n) is 1.19. The van der Waals surface area contributed by atoms with Crippen LogP contribution in [-0.4, -0.2) is 12.1 Å². The molecular formula is C7H7ClINO. The van der Waals surface area contributed by atoms with Crippen molar-refractivity contribution in [2.24, 2.45) is 0 Å². The maximum atomic E-state index is 5.64. The Morgan fingerprint density at radius 1 is 1.64 bits per heavy atom. The molecule has 0 aromatic carbocycles. The molecule has 0 aliphatic carbocycles. The fraction of sp³-hybridized carbons (Fsp3) is 0.286. The molecule has 1 aromatic heterocycles. The molecule has 2 nitrogen and oxygen atoms in total. The first kappa shape index (κ1) is 9.06. The van der Waals surface area contributed by atoms with Crippen molar-refractivity contribution in [3.05, 3.63) is 21.4 Å². The van der Waals surface area contributed by atoms with Crippen molar-refractivity contribution in [1.82, 2.24) is 4.98 Å². The molecule has 0 aliphatic rings. The summed E-state index contributed by atoms with van der Waals surface area (Å²) in [5, 5.41) is 0. The number of nitrogens with zero attached hydrogens (tertiary/aromatic N) is 1. The smallest absolute Gasteiger partial charge is 0.214 e. The number of hydrogen-bond acceptors (Lipinski definition) is 2. The number of methoxy groups -OCH3 is 1. The Kier molecular flexibility index (Phi) is 3.39. The molecule has 0 saturated carbocycles. The van der Waals surface area contributed by atoms with Crippen molar-refractivity contribution in [3.8, 4) is 5.88 Å². The number of rotatable bonds is 2. The van der Waals surface area contributed by atoms with Gasteiger partial charge in [-0.2, -0.15) is 0 Å². The van der Waals surface area contributed by atoms with E-state index in [2.05, 4.69) is 27.6 Å². The first-order valence-corrected chi connectivity index (χ1v) is 4.64. The lowest BCUT2D eigenvalue weighted by atomic mass is 10.3. The Morgan fingerprint density at radius 3 is 2.91 bits per heavy atom. The van der Waals surface area contributed by atoms with Gasteiger partial charge in [0.25, 0.3) is 0 Å². The van der Waals surface area contributed by atoms with Gasteiger partial charge in [-0.3, -0.25) is 0 Å². The lowest BCUT2D eigenvalue weighted by Gasteiger charge is -2.01. The molecule has 0 radical (unpaired) electrons. The van der Waals surface area contributed by atoms with Gasteiger partial charge in [-0.25, -0.2) is 4.98 Å². The van der Waals surface area contributed by atoms with Crippen molar-refractivity contribution in [2.45, 2.75) is 5.88 Å². The third kappa shape index (κ3) is 2.48. The summed E-state index contributed by atoms with van der Waals surface area (Å²) in [5.41, 5.74) is 1.03. The second-order valence-corrected chi connectivity index (χ2v) is 3.35. The summed E-state index contributed by atoms with van der Waals surface area (Å²) in [6, 6.07) is 3.76. The van der Waals surface area contributed by atoms with Crippen LogP contribution in [0, 0.1) is 3.70 Å². The monoisotopic (exact) mass is 283 g/mol. The zero-order valence-corrected chi connectivity index (χ0v) is 8.89. The summed E-state index contributed by atoms with van der Waals surface area (Å²) in [7, 11) is 1.59. The number of alkyl halides is 1. The minimum absolute atomic E-state index is 0.495. The van der Waals surface area contributed by atoms with E-state index < -0.39 is 0 Å². The quantitative estimate of drug-likeness (QED) is 0.472. The maximum absolute atomic E-state index is 5.64. The summed E-state index contributed by atoms with van der Waals surface area (Å²) in [5.74, 6) is 1.11. The Labute approximate surface area is 84.1 Å². The summed E-state index contributed by atoms with van der Waals surface area (Å²) >= 11 is 7.77. The van der Waals surface area contributed by atoms with Crippen molar-refractivity contribution in [2.75, 3.05) is 7.11 Å². The van der Waals surface area contributed by atoms with Gasteiger partial charge in [0.2, 0.25) is 5.88 Å². The number of halogens is 2. The van der Waals surface area contributed by atoms with Crippen molar-refractivity contribution < 1.29 is 4.74 Å². The van der Waals surface area contributed by atoms with E-state index in [1.807, 2.05) is 12.1 Å². The molecule has 4 heteroatoms. The average molecular weight is 283 g/mol. The summed E-state index contributed by atoms with van der Waals surface area (Å²) in [4.78, 5) is 4.11. The van der Waals surface area contributed by atoms with E-state index in [9.17, 15) is 0 Å². The van der Waals surface area contributed by atoms with E-state index in [1.165, 1.54) is 0 Å². The molecule has 1 rings (SSSR count). The van der Waals surface area contributed by atoms with E-state index in [-0.39, 0.29) is 0 Å². The molecule has 1 heterocycles. The Balaban J connectivity index is 3.02. The summed E-state index contributed by atoms with van der Waals surface area (Å²) in [6.45, 7) is 0. The lowest BCUT2D eigenvalue weighted by Crippen LogP contribution is -1.91. The van der Waals surface area contributed by atoms with Gasteiger partial charge >= 0.3 is 0 Å². The largest absolute Gasteiger partial charge is 0.481 e. The molecule has 0 fully saturated rings. The Hall–Kier alpha value is -0.0300. The fourth-order valence-electron chi connectivity index (χ4n) is 0.705. The lowest BCUT2D eigenvalue weighted by molar-refractivity contribution is 0.396. The van der Waals surface area contributed by atoms with Gasteiger partial charge in [0, 0.05) is 11.9 Å². The Morgan fingerprint density at radius 2 is 2.36 bits per heavy atom. The first-order valence-electron chi connectivity index (χ1n) is 3.02. The van der Waals surface area contributed by atoms with Crippen molar-refractivity contribution in [1.29, 1.82) is 0 Å². The van der Waals surface area contributed by atoms with E-state index in [0.29, 0.717) is 11.8 Å². The number of pyridine rings is 1. The maximum Gasteiger partial charge on any atom is 0.214 e. The van der Waals surface area contributed by atoms with Crippen LogP contribution in [0.25, 0.3) is 0 Å². The average Bonchev–Trinajstić information content (AvgIpc) is 2.03. The molecule has 0 unspecified atom stereocenters. The van der Waals surface area contributed by atoms with Crippen LogP contribution in [0.15, 0.2) is 12.1 Å². The minimum atomic E-state index is 0.495. The van der Waals surface area contributed by atoms with E-state index in [0.717, 1.165) is 9.26 Å². The molecule has 0 atom stereocenters. The van der Waals surface area contributed by atoms with Crippen LogP contribution in [0.3, 0.4) is 0 Å². The first-order chi connectivity index (χ1) is 5.26. The summed E-state index contributed by atoms with van der Waals surface area (Å²) in [6.07, 6.45) is 0. The van der Waals surface area contributed by atoms with E-state index in [1.54, 1.807) is 7.11 Å². The zero-order valence-electron chi connectivity index (χ0n) is 5.97. The topological polar surface area (TPSA) is 22.1 Å². The predicted octanol–water partition coefficient (Wildman–Crippen LogP) is 2.43. The molecule has 0 amide bonds. The van der Waals surface area contributed by atoms with Gasteiger partial charge in [0.15, 0.2) is 0 Å². The standard InChI is InChI=1S/C7H7ClINO/c1-11-7-3-5(4-8)2-6(9)10-7/h2-3H,4H2,1H3. The normalized spacial score (nSPS) is 9.73. The highest BCUT2D eigenvalue weighted by molar-refractivity contribution is 14.1. The van der Waals surface area contributed by atoms with Crippen LogP contribution in [0.5, 0.6) is 5.88 Å². The van der Waals surface area contributed by atoms with Crippen LogP contribution in [-0.2, 0) is 5.88 Å². The van der Waals surface area contributed by atoms with Gasteiger partial charge in [0.05, 0.1) is 7.11 Å². The molecule has 1 aromatic rings. The van der Waals surface area contributed by atoms with Crippen LogP contribution >= 0.6 is 34.2 Å². The molecule has 11 heavy (non-hydrogen) atoms. The van der Waals surface area contributed by atoms with E-state index in [4.69, 9.17) is 16.3 Å². The molecule has 0 spiro atoms. The number of hydrogen-bond donors (Lipinski definition) is 0. The Bertz CT molecular complexity index is 232. The van der Waals surface area contributed by atoms with Crippen LogP contribution in [0.1, 0.15) is 5.56 Å². The summed E-state index contributed by atoms with van der Waals surface area (Å²) < 4.78 is 5.86. The van der Waals surface area contributed by atoms with Gasteiger partial charge in [-0.05, 0) is 34.2 Å². The highest BCUT2D eigenvalue weighted by Crippen LogP contribution is 2.15. The molecule has 0 aliphatic heterocycles. The van der Waals surface area contributed by atoms with Crippen molar-refractivity contribution in [3.63, 3.8) is 0 Å². The fourth-order valence-corrected chi connectivity index (χ4v) is 1.50. The molecule has 0 saturated heterocycles. The second-order valence-electron chi connectivity index (χ2n) is 1.97. The molecule has 60 valence electrons. The second kappa shape index (κ2) is 4.11. The SMILES string of the molecule is COc1cc(CCl)cc(I)n1. The molecule has 0 bridgehead atoms. The molecule has 0 N–H and O–H groups in total. The third-order valence-corrected chi connectivity index (χ3v) is 2.06. The zero-order chi connectivity index (χ0) is 8.27. The number of ether oxygens (including phenoxy) is 1. The van der Waals surface area contributed by atoms with Gasteiger partial charge in [-0.1, -0.05) is 0 Å². The predicted molar refractivity (Wildman–Crippen MR) is 53.1 cm³/mol. The van der Waals surface area contributed by atoms with Crippen LogP contribution < -0.4 is 4.74 Å². The van der Waals surface area contributed by atoms with Crippen molar-refractivity contribution >= 4 is 34.2 Å². The molecular weight excluding hydrogens is 276 g/mol. The van der Waals surface area contributed by atoms with Crippen LogP contribution in [0.2, 0.25) is 0 Å². The van der Waals surface area contributed by atoms with E-state index >= 15 is 0 Å².